The van der Waals surface area contributed by atoms with Crippen LogP contribution in [0.1, 0.15) is 37.3 Å². The Bertz CT molecular complexity index is 1040. The molecule has 182 valence electrons. The Labute approximate surface area is 194 Å². The van der Waals surface area contributed by atoms with E-state index in [0.717, 1.165) is 22.3 Å². The van der Waals surface area contributed by atoms with Gasteiger partial charge in [0, 0.05) is 12.5 Å². The van der Waals surface area contributed by atoms with Gasteiger partial charge >= 0.3 is 18.2 Å². The van der Waals surface area contributed by atoms with E-state index >= 15 is 0 Å². The lowest BCUT2D eigenvalue weighted by Crippen LogP contribution is -2.53. The number of hydrogen-bond donors (Lipinski definition) is 3. The van der Waals surface area contributed by atoms with Gasteiger partial charge in [0.25, 0.3) is 0 Å². The highest BCUT2D eigenvalue weighted by atomic mass is 19.4. The van der Waals surface area contributed by atoms with Crippen molar-refractivity contribution in [1.29, 1.82) is 0 Å². The monoisotopic (exact) mass is 478 g/mol. The van der Waals surface area contributed by atoms with Crippen LogP contribution in [0.15, 0.2) is 48.5 Å². The molecule has 0 heterocycles. The summed E-state index contributed by atoms with van der Waals surface area (Å²) in [5.41, 5.74) is 2.71. The number of carboxylic acids is 1. The summed E-state index contributed by atoms with van der Waals surface area (Å²) in [5.74, 6) is -2.91. The van der Waals surface area contributed by atoms with Gasteiger partial charge in [0.15, 0.2) is 0 Å². The van der Waals surface area contributed by atoms with E-state index in [9.17, 15) is 27.6 Å². The van der Waals surface area contributed by atoms with Gasteiger partial charge in [-0.3, -0.25) is 9.59 Å². The quantitative estimate of drug-likeness (QED) is 0.531. The van der Waals surface area contributed by atoms with Gasteiger partial charge in [0.05, 0.1) is 11.8 Å². The first-order chi connectivity index (χ1) is 15.9. The molecule has 1 unspecified atom stereocenters. The average molecular weight is 478 g/mol. The molecule has 0 aromatic heterocycles. The third kappa shape index (κ3) is 5.67. The van der Waals surface area contributed by atoms with Crippen LogP contribution in [-0.2, 0) is 14.3 Å². The van der Waals surface area contributed by atoms with Gasteiger partial charge in [-0.1, -0.05) is 48.5 Å². The number of nitrogens with one attached hydrogen (secondary N) is 2. The maximum atomic E-state index is 13.0. The summed E-state index contributed by atoms with van der Waals surface area (Å²) in [4.78, 5) is 35.4. The molecular formula is C24H25F3N2O5. The molecule has 0 saturated heterocycles. The molecule has 3 rings (SSSR count). The van der Waals surface area contributed by atoms with Gasteiger partial charge in [-0.2, -0.15) is 13.2 Å². The number of aliphatic carboxylic acids is 1. The number of amides is 2. The predicted molar refractivity (Wildman–Crippen MR) is 117 cm³/mol. The van der Waals surface area contributed by atoms with Crippen molar-refractivity contribution in [2.75, 3.05) is 13.2 Å². The summed E-state index contributed by atoms with van der Waals surface area (Å²) in [6.07, 6.45) is -7.05. The van der Waals surface area contributed by atoms with E-state index < -0.39 is 42.0 Å². The fourth-order valence-corrected chi connectivity index (χ4v) is 3.80. The van der Waals surface area contributed by atoms with Crippen LogP contribution < -0.4 is 10.6 Å². The number of alkyl halides is 3. The first-order valence-corrected chi connectivity index (χ1v) is 10.6. The Balaban J connectivity index is 1.57. The maximum Gasteiger partial charge on any atom is 0.409 e. The third-order valence-electron chi connectivity index (χ3n) is 5.71. The molecule has 0 radical (unpaired) electrons. The minimum absolute atomic E-state index is 0.0429. The molecule has 7 nitrogen and oxygen atoms in total. The van der Waals surface area contributed by atoms with Crippen LogP contribution in [0.4, 0.5) is 18.0 Å². The van der Waals surface area contributed by atoms with Gasteiger partial charge in [-0.15, -0.1) is 0 Å². The van der Waals surface area contributed by atoms with Crippen molar-refractivity contribution in [3.63, 3.8) is 0 Å². The fourth-order valence-electron chi connectivity index (χ4n) is 3.80. The van der Waals surface area contributed by atoms with E-state index in [-0.39, 0.29) is 19.1 Å². The van der Waals surface area contributed by atoms with Crippen molar-refractivity contribution in [3.8, 4) is 11.1 Å². The van der Waals surface area contributed by atoms with Crippen LogP contribution in [0.2, 0.25) is 0 Å². The van der Waals surface area contributed by atoms with E-state index in [0.29, 0.717) is 0 Å². The number of alkyl carbamates (subject to hydrolysis) is 1. The Morgan fingerprint density at radius 2 is 1.53 bits per heavy atom. The largest absolute Gasteiger partial charge is 0.481 e. The molecule has 34 heavy (non-hydrogen) atoms. The van der Waals surface area contributed by atoms with Gasteiger partial charge in [0.1, 0.15) is 12.6 Å². The second-order valence-electron chi connectivity index (χ2n) is 8.73. The summed E-state index contributed by atoms with van der Waals surface area (Å²) in [6, 6.07) is 13.0. The molecular weight excluding hydrogens is 453 g/mol. The second-order valence-corrected chi connectivity index (χ2v) is 8.73. The molecule has 2 amide bonds. The summed E-state index contributed by atoms with van der Waals surface area (Å²) < 4.78 is 44.5. The topological polar surface area (TPSA) is 105 Å². The molecule has 1 aliphatic carbocycles. The molecule has 0 bridgehead atoms. The minimum atomic E-state index is -4.93. The lowest BCUT2D eigenvalue weighted by Gasteiger charge is -2.28. The number of rotatable bonds is 8. The lowest BCUT2D eigenvalue weighted by molar-refractivity contribution is -0.171. The number of benzene rings is 2. The molecule has 1 atom stereocenters. The van der Waals surface area contributed by atoms with E-state index in [1.54, 1.807) is 5.32 Å². The summed E-state index contributed by atoms with van der Waals surface area (Å²) in [5, 5.41) is 12.8. The van der Waals surface area contributed by atoms with Crippen LogP contribution >= 0.6 is 0 Å². The van der Waals surface area contributed by atoms with Gasteiger partial charge in [-0.05, 0) is 36.1 Å². The molecule has 3 N–H and O–H groups in total. The van der Waals surface area contributed by atoms with Gasteiger partial charge < -0.3 is 20.5 Å². The van der Waals surface area contributed by atoms with Crippen molar-refractivity contribution >= 4 is 18.0 Å². The van der Waals surface area contributed by atoms with Crippen molar-refractivity contribution in [3.05, 3.63) is 59.7 Å². The average Bonchev–Trinajstić information content (AvgIpc) is 3.08. The molecule has 1 aliphatic rings. The molecule has 0 aliphatic heterocycles. The maximum absolute atomic E-state index is 13.0. The molecule has 0 saturated carbocycles. The number of halogens is 3. The Morgan fingerprint density at radius 1 is 1.00 bits per heavy atom. The van der Waals surface area contributed by atoms with Gasteiger partial charge in [0.2, 0.25) is 5.91 Å². The lowest BCUT2D eigenvalue weighted by atomic mass is 9.91. The Kier molecular flexibility index (Phi) is 7.18. The van der Waals surface area contributed by atoms with E-state index in [4.69, 9.17) is 9.84 Å². The van der Waals surface area contributed by atoms with Crippen molar-refractivity contribution in [2.45, 2.75) is 38.4 Å². The molecule has 2 aromatic rings. The number of carboxylic acid groups (broad SMARTS) is 1. The third-order valence-corrected chi connectivity index (χ3v) is 5.71. The zero-order valence-electron chi connectivity index (χ0n) is 18.6. The number of ether oxygens (including phenoxy) is 1. The molecule has 0 spiro atoms. The highest BCUT2D eigenvalue weighted by Gasteiger charge is 2.44. The highest BCUT2D eigenvalue weighted by Crippen LogP contribution is 2.44. The van der Waals surface area contributed by atoms with Crippen molar-refractivity contribution in [2.24, 2.45) is 5.41 Å². The van der Waals surface area contributed by atoms with E-state index in [1.165, 1.54) is 13.8 Å². The highest BCUT2D eigenvalue weighted by molar-refractivity contribution is 5.84. The molecule has 10 heteroatoms. The zero-order valence-corrected chi connectivity index (χ0v) is 18.6. The number of hydrogen-bond acceptors (Lipinski definition) is 4. The van der Waals surface area contributed by atoms with Crippen LogP contribution in [0.5, 0.6) is 0 Å². The molecule has 2 aromatic carbocycles. The normalized spacial score (nSPS) is 14.0. The van der Waals surface area contributed by atoms with Crippen LogP contribution in [-0.4, -0.2) is 48.4 Å². The fraction of sp³-hybridized carbons (Fsp3) is 0.375. The predicted octanol–water partition coefficient (Wildman–Crippen LogP) is 4.07. The SMILES string of the molecule is CC(C)(CNC(=O)OCC1c2ccccc2-c2ccccc21)C(=O)NC(CC(=O)O)C(F)(F)F. The first kappa shape index (κ1) is 25.1. The summed E-state index contributed by atoms with van der Waals surface area (Å²) in [7, 11) is 0. The van der Waals surface area contributed by atoms with Gasteiger partial charge in [-0.25, -0.2) is 4.79 Å². The van der Waals surface area contributed by atoms with Crippen molar-refractivity contribution in [1.82, 2.24) is 10.6 Å². The minimum Gasteiger partial charge on any atom is -0.481 e. The summed E-state index contributed by atoms with van der Waals surface area (Å²) in [6.45, 7) is 2.40. The first-order valence-electron chi connectivity index (χ1n) is 10.6. The smallest absolute Gasteiger partial charge is 0.409 e. The summed E-state index contributed by atoms with van der Waals surface area (Å²) >= 11 is 0. The van der Waals surface area contributed by atoms with Crippen LogP contribution in [0, 0.1) is 5.41 Å². The van der Waals surface area contributed by atoms with Crippen LogP contribution in [0.3, 0.4) is 0 Å². The number of carbonyl (C=O) groups is 3. The van der Waals surface area contributed by atoms with Crippen molar-refractivity contribution < 1.29 is 37.4 Å². The Hall–Kier alpha value is -3.56. The standard InChI is InChI=1S/C24H25F3N2O5/c1-23(2,21(32)29-19(11-20(30)31)24(25,26)27)13-28-22(33)34-12-18-16-9-5-3-7-14(16)15-8-4-6-10-17(15)18/h3-10,18-19H,11-13H2,1-2H3,(H,28,33)(H,29,32)(H,30,31). The molecule has 0 fully saturated rings. The van der Waals surface area contributed by atoms with Crippen LogP contribution in [0.25, 0.3) is 11.1 Å². The second kappa shape index (κ2) is 9.74. The van der Waals surface area contributed by atoms with E-state index in [1.807, 2.05) is 48.5 Å². The Morgan fingerprint density at radius 3 is 2.03 bits per heavy atom. The zero-order chi connectivity index (χ0) is 25.1. The number of fused-ring (bicyclic) bond motifs is 3. The van der Waals surface area contributed by atoms with E-state index in [2.05, 4.69) is 5.32 Å². The number of carbonyl (C=O) groups excluding carboxylic acids is 2.